The summed E-state index contributed by atoms with van der Waals surface area (Å²) in [5, 5.41) is 3.30. The van der Waals surface area contributed by atoms with Crippen LogP contribution >= 0.6 is 23.5 Å². The average molecular weight is 288 g/mol. The summed E-state index contributed by atoms with van der Waals surface area (Å²) in [7, 11) is 0. The SMILES string of the molecule is CC1(C)NC(=O)CCN(CC2CSCCS2)C1=O. The van der Waals surface area contributed by atoms with Crippen LogP contribution in [0, 0.1) is 0 Å². The molecule has 0 bridgehead atoms. The van der Waals surface area contributed by atoms with Crippen molar-refractivity contribution in [3.8, 4) is 0 Å². The van der Waals surface area contributed by atoms with Gasteiger partial charge in [0.25, 0.3) is 0 Å². The van der Waals surface area contributed by atoms with Gasteiger partial charge >= 0.3 is 0 Å². The molecule has 0 radical (unpaired) electrons. The first-order valence-electron chi connectivity index (χ1n) is 6.29. The molecular formula is C12H20N2O2S2. The number of rotatable bonds is 2. The molecule has 2 amide bonds. The molecule has 2 aliphatic heterocycles. The molecule has 1 unspecified atom stereocenters. The van der Waals surface area contributed by atoms with Crippen molar-refractivity contribution in [3.63, 3.8) is 0 Å². The molecule has 0 aromatic carbocycles. The number of hydrogen-bond donors (Lipinski definition) is 1. The Labute approximate surface area is 117 Å². The van der Waals surface area contributed by atoms with Gasteiger partial charge in [-0.2, -0.15) is 23.5 Å². The van der Waals surface area contributed by atoms with Crippen LogP contribution in [0.1, 0.15) is 20.3 Å². The van der Waals surface area contributed by atoms with Crippen LogP contribution in [-0.2, 0) is 9.59 Å². The Balaban J connectivity index is 2.01. The van der Waals surface area contributed by atoms with Crippen LogP contribution in [0.15, 0.2) is 0 Å². The summed E-state index contributed by atoms with van der Waals surface area (Å²) >= 11 is 3.90. The summed E-state index contributed by atoms with van der Waals surface area (Å²) in [5.74, 6) is 3.50. The Morgan fingerprint density at radius 3 is 2.83 bits per heavy atom. The van der Waals surface area contributed by atoms with E-state index in [4.69, 9.17) is 0 Å². The number of carbonyl (C=O) groups excluding carboxylic acids is 2. The zero-order valence-electron chi connectivity index (χ0n) is 10.9. The van der Waals surface area contributed by atoms with Gasteiger partial charge in [0.1, 0.15) is 5.54 Å². The van der Waals surface area contributed by atoms with Crippen molar-refractivity contribution in [2.24, 2.45) is 0 Å². The molecule has 1 atom stereocenters. The summed E-state index contributed by atoms with van der Waals surface area (Å²) in [6.45, 7) is 4.90. The minimum atomic E-state index is -0.764. The number of nitrogens with one attached hydrogen (secondary N) is 1. The number of amides is 2. The van der Waals surface area contributed by atoms with Gasteiger partial charge in [0.2, 0.25) is 11.8 Å². The molecule has 2 rings (SSSR count). The van der Waals surface area contributed by atoms with E-state index in [1.165, 1.54) is 5.75 Å². The molecule has 0 saturated carbocycles. The fourth-order valence-corrected chi connectivity index (χ4v) is 4.94. The van der Waals surface area contributed by atoms with Crippen LogP contribution < -0.4 is 5.32 Å². The summed E-state index contributed by atoms with van der Waals surface area (Å²) < 4.78 is 0. The van der Waals surface area contributed by atoms with Crippen molar-refractivity contribution in [1.29, 1.82) is 0 Å². The highest BCUT2D eigenvalue weighted by molar-refractivity contribution is 8.06. The Morgan fingerprint density at radius 2 is 2.17 bits per heavy atom. The fraction of sp³-hybridized carbons (Fsp3) is 0.833. The standard InChI is InChI=1S/C12H20N2O2S2/c1-12(2)11(16)14(4-3-10(15)13-12)7-9-8-17-5-6-18-9/h9H,3-8H2,1-2H3,(H,13,15). The zero-order valence-corrected chi connectivity index (χ0v) is 12.5. The molecule has 0 aromatic heterocycles. The third-order valence-corrected chi connectivity index (χ3v) is 6.02. The number of hydrogen-bond acceptors (Lipinski definition) is 4. The molecular weight excluding hydrogens is 268 g/mol. The smallest absolute Gasteiger partial charge is 0.247 e. The second kappa shape index (κ2) is 5.74. The van der Waals surface area contributed by atoms with Gasteiger partial charge in [0.05, 0.1) is 0 Å². The second-order valence-electron chi connectivity index (χ2n) is 5.24. The summed E-state index contributed by atoms with van der Waals surface area (Å²) in [6.07, 6.45) is 0.416. The highest BCUT2D eigenvalue weighted by Gasteiger charge is 2.37. The van der Waals surface area contributed by atoms with Gasteiger partial charge < -0.3 is 10.2 Å². The monoisotopic (exact) mass is 288 g/mol. The highest BCUT2D eigenvalue weighted by atomic mass is 32.2. The van der Waals surface area contributed by atoms with Gasteiger partial charge in [-0.15, -0.1) is 0 Å². The van der Waals surface area contributed by atoms with Crippen molar-refractivity contribution < 1.29 is 9.59 Å². The van der Waals surface area contributed by atoms with Gasteiger partial charge in [-0.05, 0) is 13.8 Å². The molecule has 1 N–H and O–H groups in total. The van der Waals surface area contributed by atoms with Crippen LogP contribution in [0.5, 0.6) is 0 Å². The van der Waals surface area contributed by atoms with E-state index < -0.39 is 5.54 Å². The molecule has 6 heteroatoms. The van der Waals surface area contributed by atoms with Crippen molar-refractivity contribution in [2.75, 3.05) is 30.3 Å². The van der Waals surface area contributed by atoms with E-state index in [0.29, 0.717) is 18.2 Å². The first-order valence-corrected chi connectivity index (χ1v) is 8.49. The van der Waals surface area contributed by atoms with Crippen molar-refractivity contribution >= 4 is 35.3 Å². The van der Waals surface area contributed by atoms with E-state index in [9.17, 15) is 9.59 Å². The molecule has 2 saturated heterocycles. The average Bonchev–Trinajstić information content (AvgIpc) is 2.42. The zero-order chi connectivity index (χ0) is 13.2. The predicted molar refractivity (Wildman–Crippen MR) is 77.0 cm³/mol. The third-order valence-electron chi connectivity index (χ3n) is 3.19. The van der Waals surface area contributed by atoms with Gasteiger partial charge in [-0.3, -0.25) is 9.59 Å². The van der Waals surface area contributed by atoms with Gasteiger partial charge in [0.15, 0.2) is 0 Å². The van der Waals surface area contributed by atoms with Crippen LogP contribution in [0.25, 0.3) is 0 Å². The summed E-state index contributed by atoms with van der Waals surface area (Å²) in [5.41, 5.74) is -0.764. The van der Waals surface area contributed by atoms with Gasteiger partial charge in [0, 0.05) is 42.0 Å². The number of nitrogens with zero attached hydrogens (tertiary/aromatic N) is 1. The van der Waals surface area contributed by atoms with Crippen LogP contribution in [0.4, 0.5) is 0 Å². The maximum atomic E-state index is 12.4. The predicted octanol–water partition coefficient (Wildman–Crippen LogP) is 0.962. The Morgan fingerprint density at radius 1 is 1.39 bits per heavy atom. The molecule has 0 aliphatic carbocycles. The van der Waals surface area contributed by atoms with E-state index in [1.807, 2.05) is 28.4 Å². The Hall–Kier alpha value is -0.360. The van der Waals surface area contributed by atoms with Crippen LogP contribution in [0.2, 0.25) is 0 Å². The molecule has 0 aromatic rings. The lowest BCUT2D eigenvalue weighted by molar-refractivity contribution is -0.137. The van der Waals surface area contributed by atoms with E-state index in [0.717, 1.165) is 18.1 Å². The molecule has 2 aliphatic rings. The minimum Gasteiger partial charge on any atom is -0.342 e. The normalized spacial score (nSPS) is 28.8. The van der Waals surface area contributed by atoms with Crippen molar-refractivity contribution in [1.82, 2.24) is 10.2 Å². The molecule has 102 valence electrons. The van der Waals surface area contributed by atoms with Crippen molar-refractivity contribution in [2.45, 2.75) is 31.1 Å². The minimum absolute atomic E-state index is 0.0264. The lowest BCUT2D eigenvalue weighted by Crippen LogP contribution is -2.54. The summed E-state index contributed by atoms with van der Waals surface area (Å²) in [6, 6.07) is 0. The molecule has 4 nitrogen and oxygen atoms in total. The Bertz CT molecular complexity index is 341. The van der Waals surface area contributed by atoms with Crippen molar-refractivity contribution in [3.05, 3.63) is 0 Å². The van der Waals surface area contributed by atoms with E-state index in [2.05, 4.69) is 5.32 Å². The quantitative estimate of drug-likeness (QED) is 0.822. The molecule has 18 heavy (non-hydrogen) atoms. The first kappa shape index (κ1) is 14.1. The maximum absolute atomic E-state index is 12.4. The lowest BCUT2D eigenvalue weighted by Gasteiger charge is -2.32. The fourth-order valence-electron chi connectivity index (χ4n) is 2.26. The van der Waals surface area contributed by atoms with Gasteiger partial charge in [-0.1, -0.05) is 0 Å². The molecule has 2 fully saturated rings. The topological polar surface area (TPSA) is 49.4 Å². The van der Waals surface area contributed by atoms with Crippen LogP contribution in [-0.4, -0.2) is 57.9 Å². The Kier molecular flexibility index (Phi) is 4.48. The van der Waals surface area contributed by atoms with Crippen LogP contribution in [0.3, 0.4) is 0 Å². The lowest BCUT2D eigenvalue weighted by atomic mass is 10.0. The maximum Gasteiger partial charge on any atom is 0.247 e. The highest BCUT2D eigenvalue weighted by Crippen LogP contribution is 2.26. The third kappa shape index (κ3) is 3.35. The second-order valence-corrected chi connectivity index (χ2v) is 7.80. The van der Waals surface area contributed by atoms with E-state index >= 15 is 0 Å². The van der Waals surface area contributed by atoms with E-state index in [-0.39, 0.29) is 11.8 Å². The first-order chi connectivity index (χ1) is 8.49. The largest absolute Gasteiger partial charge is 0.342 e. The summed E-state index contributed by atoms with van der Waals surface area (Å²) in [4.78, 5) is 25.8. The molecule has 2 heterocycles. The number of carbonyl (C=O) groups is 2. The van der Waals surface area contributed by atoms with E-state index in [1.54, 1.807) is 13.8 Å². The number of thioether (sulfide) groups is 2. The molecule has 0 spiro atoms. The van der Waals surface area contributed by atoms with Gasteiger partial charge in [-0.25, -0.2) is 0 Å².